The van der Waals surface area contributed by atoms with Crippen molar-refractivity contribution in [1.29, 1.82) is 0 Å². The molecule has 0 N–H and O–H groups in total. The molecule has 0 spiro atoms. The SMILES string of the molecule is CCOC(=O)/C(C)=C/c1ccc(C[n+]2ccn(C(=O)c3ccccc3)c2)cc1.[I-]. The second-order valence-electron chi connectivity index (χ2n) is 6.45. The number of hydrogen-bond acceptors (Lipinski definition) is 3. The Balaban J connectivity index is 0.00000300. The standard InChI is InChI=1S/C23H23N2O3.HI/c1-3-28-23(27)18(2)15-19-9-11-20(12-10-19)16-24-13-14-25(17-24)22(26)21-7-5-4-6-8-21;/h4-15,17H,3,16H2,1-2H3;1H/q+1;/p-1/b18-15+;. The van der Waals surface area contributed by atoms with Crippen molar-refractivity contribution in [3.05, 3.63) is 95.6 Å². The van der Waals surface area contributed by atoms with Gasteiger partial charge in [0.2, 0.25) is 0 Å². The van der Waals surface area contributed by atoms with Gasteiger partial charge in [-0.2, -0.15) is 4.57 Å². The summed E-state index contributed by atoms with van der Waals surface area (Å²) < 4.78 is 8.52. The van der Waals surface area contributed by atoms with Crippen LogP contribution in [-0.2, 0) is 16.1 Å². The molecule has 0 saturated heterocycles. The second kappa shape index (κ2) is 10.7. The highest BCUT2D eigenvalue weighted by atomic mass is 127. The number of aromatic nitrogens is 2. The normalized spacial score (nSPS) is 10.9. The van der Waals surface area contributed by atoms with Gasteiger partial charge in [-0.25, -0.2) is 14.2 Å². The first kappa shape index (κ1) is 22.5. The fourth-order valence-electron chi connectivity index (χ4n) is 2.82. The molecule has 0 aliphatic rings. The number of ether oxygens (including phenoxy) is 1. The van der Waals surface area contributed by atoms with E-state index >= 15 is 0 Å². The fraction of sp³-hybridized carbons (Fsp3) is 0.174. The molecule has 2 aromatic carbocycles. The van der Waals surface area contributed by atoms with E-state index in [0.717, 1.165) is 11.1 Å². The minimum atomic E-state index is -0.299. The van der Waals surface area contributed by atoms with Gasteiger partial charge in [-0.15, -0.1) is 0 Å². The first-order valence-corrected chi connectivity index (χ1v) is 9.18. The number of hydrogen-bond donors (Lipinski definition) is 0. The summed E-state index contributed by atoms with van der Waals surface area (Å²) in [5.74, 6) is -0.360. The molecule has 5 nitrogen and oxygen atoms in total. The van der Waals surface area contributed by atoms with Crippen molar-refractivity contribution in [1.82, 2.24) is 4.57 Å². The lowest BCUT2D eigenvalue weighted by atomic mass is 10.1. The van der Waals surface area contributed by atoms with Gasteiger partial charge in [0.05, 0.1) is 12.2 Å². The molecule has 1 heterocycles. The van der Waals surface area contributed by atoms with E-state index < -0.39 is 0 Å². The molecule has 3 aromatic rings. The maximum Gasteiger partial charge on any atom is 0.345 e. The van der Waals surface area contributed by atoms with Crippen LogP contribution in [0.15, 0.2) is 78.9 Å². The van der Waals surface area contributed by atoms with Gasteiger partial charge in [-0.1, -0.05) is 42.5 Å². The summed E-state index contributed by atoms with van der Waals surface area (Å²) >= 11 is 0. The summed E-state index contributed by atoms with van der Waals surface area (Å²) in [6.45, 7) is 4.55. The van der Waals surface area contributed by atoms with Crippen LogP contribution in [0.4, 0.5) is 0 Å². The molecular formula is C23H23IN2O3. The monoisotopic (exact) mass is 502 g/mol. The van der Waals surface area contributed by atoms with Crippen molar-refractivity contribution in [2.24, 2.45) is 0 Å². The predicted molar refractivity (Wildman–Crippen MR) is 107 cm³/mol. The van der Waals surface area contributed by atoms with Gasteiger partial charge in [-0.05, 0) is 43.2 Å². The first-order valence-electron chi connectivity index (χ1n) is 9.18. The van der Waals surface area contributed by atoms with Crippen LogP contribution < -0.4 is 28.5 Å². The Kier molecular flexibility index (Phi) is 8.33. The molecule has 0 unspecified atom stereocenters. The maximum atomic E-state index is 12.5. The van der Waals surface area contributed by atoms with Crippen molar-refractivity contribution in [3.8, 4) is 0 Å². The topological polar surface area (TPSA) is 52.2 Å². The highest BCUT2D eigenvalue weighted by Gasteiger charge is 2.15. The van der Waals surface area contributed by atoms with Crippen molar-refractivity contribution >= 4 is 18.0 Å². The zero-order valence-electron chi connectivity index (χ0n) is 16.4. The molecule has 29 heavy (non-hydrogen) atoms. The molecule has 0 atom stereocenters. The third kappa shape index (κ3) is 6.12. The Morgan fingerprint density at radius 1 is 1.07 bits per heavy atom. The van der Waals surface area contributed by atoms with Gasteiger partial charge in [0.1, 0.15) is 18.9 Å². The summed E-state index contributed by atoms with van der Waals surface area (Å²) in [5, 5.41) is 0. The fourth-order valence-corrected chi connectivity index (χ4v) is 2.82. The van der Waals surface area contributed by atoms with Gasteiger partial charge in [-0.3, -0.25) is 0 Å². The highest BCUT2D eigenvalue weighted by molar-refractivity contribution is 5.95. The molecule has 0 saturated carbocycles. The second-order valence-corrected chi connectivity index (χ2v) is 6.45. The summed E-state index contributed by atoms with van der Waals surface area (Å²) in [7, 11) is 0. The van der Waals surface area contributed by atoms with Crippen LogP contribution in [0.2, 0.25) is 0 Å². The summed E-state index contributed by atoms with van der Waals surface area (Å²) in [6.07, 6.45) is 7.23. The molecule has 6 heteroatoms. The lowest BCUT2D eigenvalue weighted by Crippen LogP contribution is -3.00. The van der Waals surface area contributed by atoms with E-state index in [1.807, 2.05) is 59.3 Å². The highest BCUT2D eigenvalue weighted by Crippen LogP contribution is 2.10. The van der Waals surface area contributed by atoms with Crippen molar-refractivity contribution < 1.29 is 42.9 Å². The third-order valence-corrected chi connectivity index (χ3v) is 4.27. The van der Waals surface area contributed by atoms with E-state index in [0.29, 0.717) is 24.3 Å². The number of halogens is 1. The predicted octanol–water partition coefficient (Wildman–Crippen LogP) is 0.483. The van der Waals surface area contributed by atoms with Crippen molar-refractivity contribution in [3.63, 3.8) is 0 Å². The maximum absolute atomic E-state index is 12.5. The van der Waals surface area contributed by atoms with E-state index in [1.54, 1.807) is 43.1 Å². The Bertz CT molecular complexity index is 992. The van der Waals surface area contributed by atoms with E-state index in [1.165, 1.54) is 0 Å². The molecule has 150 valence electrons. The van der Waals surface area contributed by atoms with Crippen LogP contribution >= 0.6 is 0 Å². The summed E-state index contributed by atoms with van der Waals surface area (Å²) in [4.78, 5) is 24.2. The Morgan fingerprint density at radius 3 is 2.41 bits per heavy atom. The molecule has 0 radical (unpaired) electrons. The van der Waals surface area contributed by atoms with Crippen LogP contribution in [0.25, 0.3) is 6.08 Å². The lowest BCUT2D eigenvalue weighted by Gasteiger charge is -2.03. The van der Waals surface area contributed by atoms with Crippen LogP contribution in [0.5, 0.6) is 0 Å². The zero-order valence-corrected chi connectivity index (χ0v) is 18.6. The third-order valence-electron chi connectivity index (χ3n) is 4.27. The van der Waals surface area contributed by atoms with E-state index in [-0.39, 0.29) is 35.9 Å². The van der Waals surface area contributed by atoms with Gasteiger partial charge in [0, 0.05) is 5.57 Å². The summed E-state index contributed by atoms with van der Waals surface area (Å²) in [5.41, 5.74) is 3.26. The molecule has 0 amide bonds. The number of carbonyl (C=O) groups is 2. The average molecular weight is 502 g/mol. The first-order chi connectivity index (χ1) is 13.6. The van der Waals surface area contributed by atoms with Crippen LogP contribution in [-0.4, -0.2) is 23.1 Å². The van der Waals surface area contributed by atoms with Gasteiger partial charge >= 0.3 is 11.9 Å². The molecule has 0 bridgehead atoms. The Hall–Kier alpha value is -2.74. The lowest BCUT2D eigenvalue weighted by molar-refractivity contribution is -0.687. The number of esters is 1. The number of rotatable bonds is 6. The average Bonchev–Trinajstić information content (AvgIpc) is 3.18. The van der Waals surface area contributed by atoms with E-state index in [2.05, 4.69) is 0 Å². The minimum absolute atomic E-state index is 0. The molecule has 3 rings (SSSR count). The van der Waals surface area contributed by atoms with E-state index in [9.17, 15) is 9.59 Å². The number of nitrogens with zero attached hydrogens (tertiary/aromatic N) is 2. The molecular weight excluding hydrogens is 479 g/mol. The minimum Gasteiger partial charge on any atom is -1.00 e. The summed E-state index contributed by atoms with van der Waals surface area (Å²) in [6, 6.07) is 17.1. The van der Waals surface area contributed by atoms with Crippen LogP contribution in [0.3, 0.4) is 0 Å². The van der Waals surface area contributed by atoms with Crippen LogP contribution in [0.1, 0.15) is 35.3 Å². The van der Waals surface area contributed by atoms with Gasteiger partial charge < -0.3 is 28.7 Å². The van der Waals surface area contributed by atoms with Crippen molar-refractivity contribution in [2.75, 3.05) is 6.61 Å². The Labute approximate surface area is 187 Å². The van der Waals surface area contributed by atoms with Crippen molar-refractivity contribution in [2.45, 2.75) is 20.4 Å². The molecule has 1 aromatic heterocycles. The Morgan fingerprint density at radius 2 is 1.76 bits per heavy atom. The quantitative estimate of drug-likeness (QED) is 0.214. The molecule has 0 aliphatic heterocycles. The largest absolute Gasteiger partial charge is 1.00 e. The molecule has 0 fully saturated rings. The number of carbonyl (C=O) groups excluding carboxylic acids is 2. The van der Waals surface area contributed by atoms with E-state index in [4.69, 9.17) is 4.74 Å². The smallest absolute Gasteiger partial charge is 0.345 e. The van der Waals surface area contributed by atoms with Crippen LogP contribution in [0, 0.1) is 0 Å². The number of imidazole rings is 1. The van der Waals surface area contributed by atoms with Gasteiger partial charge in [0.25, 0.3) is 6.33 Å². The van der Waals surface area contributed by atoms with Gasteiger partial charge in [0.15, 0.2) is 0 Å². The zero-order chi connectivity index (χ0) is 19.9. The molecule has 0 aliphatic carbocycles. The number of benzene rings is 2.